The highest BCUT2D eigenvalue weighted by Gasteiger charge is 2.30. The molecular weight excluding hydrogens is 256 g/mol. The van der Waals surface area contributed by atoms with Crippen LogP contribution in [-0.2, 0) is 16.8 Å². The van der Waals surface area contributed by atoms with Crippen LogP contribution >= 0.6 is 0 Å². The topological polar surface area (TPSA) is 132 Å². The molecule has 0 radical (unpaired) electrons. The number of hydrogen-bond donors (Lipinski definition) is 4. The van der Waals surface area contributed by atoms with Gasteiger partial charge in [0, 0.05) is 0 Å². The summed E-state index contributed by atoms with van der Waals surface area (Å²) in [4.78, 5) is 19.4. The molecule has 20 heavy (non-hydrogen) atoms. The minimum atomic E-state index is -0.391. The number of rotatable bonds is 1. The molecule has 1 heterocycles. The molecule has 1 aromatic carbocycles. The van der Waals surface area contributed by atoms with Gasteiger partial charge in [-0.15, -0.1) is 0 Å². The van der Waals surface area contributed by atoms with Crippen molar-refractivity contribution in [2.45, 2.75) is 25.8 Å². The summed E-state index contributed by atoms with van der Waals surface area (Å²) >= 11 is 0. The van der Waals surface area contributed by atoms with E-state index in [1.54, 1.807) is 0 Å². The molecule has 7 heteroatoms. The molecule has 1 aromatic rings. The first kappa shape index (κ1) is 13.9. The van der Waals surface area contributed by atoms with Crippen molar-refractivity contribution in [1.29, 1.82) is 0 Å². The van der Waals surface area contributed by atoms with E-state index in [0.29, 0.717) is 12.1 Å². The van der Waals surface area contributed by atoms with E-state index in [4.69, 9.17) is 17.2 Å². The van der Waals surface area contributed by atoms with Crippen LogP contribution in [0, 0.1) is 0 Å². The van der Waals surface area contributed by atoms with Crippen LogP contribution in [0.3, 0.4) is 0 Å². The van der Waals surface area contributed by atoms with Crippen molar-refractivity contribution < 1.29 is 4.79 Å². The normalized spacial score (nSPS) is 17.1. The molecular formula is C13H18N6O. The van der Waals surface area contributed by atoms with Gasteiger partial charge in [0.1, 0.15) is 0 Å². The van der Waals surface area contributed by atoms with E-state index in [9.17, 15) is 4.79 Å². The lowest BCUT2D eigenvalue weighted by atomic mass is 9.85. The molecule has 7 nitrogen and oxygen atoms in total. The second kappa shape index (κ2) is 4.84. The number of hydrogen-bond acceptors (Lipinski definition) is 2. The number of fused-ring (bicyclic) bond motifs is 1. The number of guanidine groups is 2. The van der Waals surface area contributed by atoms with Gasteiger partial charge in [0.15, 0.2) is 5.96 Å². The zero-order valence-corrected chi connectivity index (χ0v) is 11.5. The SMILES string of the molecule is CC1(C)NC(=O)Cc2cc(N=C(N)N=C(N)N)ccc21. The maximum absolute atomic E-state index is 11.7. The zero-order valence-electron chi connectivity index (χ0n) is 11.5. The molecule has 1 amide bonds. The summed E-state index contributed by atoms with van der Waals surface area (Å²) < 4.78 is 0. The van der Waals surface area contributed by atoms with E-state index in [1.165, 1.54) is 0 Å². The van der Waals surface area contributed by atoms with Crippen molar-refractivity contribution in [2.24, 2.45) is 27.2 Å². The van der Waals surface area contributed by atoms with Crippen molar-refractivity contribution in [1.82, 2.24) is 5.32 Å². The number of nitrogens with one attached hydrogen (secondary N) is 1. The molecule has 2 rings (SSSR count). The molecule has 0 aromatic heterocycles. The maximum atomic E-state index is 11.7. The van der Waals surface area contributed by atoms with Gasteiger partial charge in [-0.25, -0.2) is 4.99 Å². The van der Waals surface area contributed by atoms with Gasteiger partial charge in [0.2, 0.25) is 11.9 Å². The second-order valence-electron chi connectivity index (χ2n) is 5.20. The molecule has 0 aliphatic carbocycles. The van der Waals surface area contributed by atoms with Gasteiger partial charge in [0.25, 0.3) is 0 Å². The minimum absolute atomic E-state index is 0.0131. The molecule has 0 unspecified atom stereocenters. The molecule has 106 valence electrons. The first-order valence-electron chi connectivity index (χ1n) is 6.16. The molecule has 0 atom stereocenters. The van der Waals surface area contributed by atoms with Crippen LogP contribution in [0.4, 0.5) is 5.69 Å². The van der Waals surface area contributed by atoms with Crippen molar-refractivity contribution in [2.75, 3.05) is 0 Å². The summed E-state index contributed by atoms with van der Waals surface area (Å²) in [5, 5.41) is 2.94. The summed E-state index contributed by atoms with van der Waals surface area (Å²) in [6.07, 6.45) is 0.324. The van der Waals surface area contributed by atoms with Gasteiger partial charge in [-0.2, -0.15) is 4.99 Å². The fourth-order valence-electron chi connectivity index (χ4n) is 2.33. The zero-order chi connectivity index (χ0) is 14.9. The Morgan fingerprint density at radius 3 is 2.65 bits per heavy atom. The predicted octanol–water partition coefficient (Wildman–Crippen LogP) is -0.186. The third-order valence-electron chi connectivity index (χ3n) is 3.05. The van der Waals surface area contributed by atoms with Gasteiger partial charge in [-0.3, -0.25) is 4.79 Å². The van der Waals surface area contributed by atoms with Crippen LogP contribution in [0.15, 0.2) is 28.2 Å². The number of carbonyl (C=O) groups excluding carboxylic acids is 1. The Bertz CT molecular complexity index is 613. The summed E-state index contributed by atoms with van der Waals surface area (Å²) in [6.45, 7) is 3.92. The van der Waals surface area contributed by atoms with Crippen LogP contribution in [-0.4, -0.2) is 17.8 Å². The van der Waals surface area contributed by atoms with Gasteiger partial charge in [-0.1, -0.05) is 6.07 Å². The van der Waals surface area contributed by atoms with Crippen molar-refractivity contribution in [3.8, 4) is 0 Å². The van der Waals surface area contributed by atoms with Gasteiger partial charge >= 0.3 is 0 Å². The lowest BCUT2D eigenvalue weighted by Crippen LogP contribution is -2.46. The van der Waals surface area contributed by atoms with Crippen LogP contribution in [0.5, 0.6) is 0 Å². The minimum Gasteiger partial charge on any atom is -0.370 e. The molecule has 1 aliphatic heterocycles. The van der Waals surface area contributed by atoms with Gasteiger partial charge in [0.05, 0.1) is 17.6 Å². The smallest absolute Gasteiger partial charge is 0.225 e. The van der Waals surface area contributed by atoms with Crippen LogP contribution in [0.25, 0.3) is 0 Å². The molecule has 0 bridgehead atoms. The lowest BCUT2D eigenvalue weighted by molar-refractivity contribution is -0.122. The van der Waals surface area contributed by atoms with E-state index < -0.39 is 5.54 Å². The fraction of sp³-hybridized carbons (Fsp3) is 0.308. The Morgan fingerprint density at radius 2 is 2.00 bits per heavy atom. The highest BCUT2D eigenvalue weighted by Crippen LogP contribution is 2.31. The average Bonchev–Trinajstić information content (AvgIpc) is 2.25. The lowest BCUT2D eigenvalue weighted by Gasteiger charge is -2.33. The Hall–Kier alpha value is -2.57. The van der Waals surface area contributed by atoms with Gasteiger partial charge in [-0.05, 0) is 37.1 Å². The summed E-state index contributed by atoms with van der Waals surface area (Å²) in [5.74, 6) is -0.185. The highest BCUT2D eigenvalue weighted by molar-refractivity contribution is 5.93. The first-order chi connectivity index (χ1) is 9.28. The summed E-state index contributed by atoms with van der Waals surface area (Å²) in [7, 11) is 0. The third-order valence-corrected chi connectivity index (χ3v) is 3.05. The van der Waals surface area contributed by atoms with Crippen LogP contribution in [0.2, 0.25) is 0 Å². The molecule has 0 saturated carbocycles. The summed E-state index contributed by atoms with van der Waals surface area (Å²) in [6, 6.07) is 5.56. The maximum Gasteiger partial charge on any atom is 0.225 e. The number of nitrogens with zero attached hydrogens (tertiary/aromatic N) is 2. The van der Waals surface area contributed by atoms with E-state index in [-0.39, 0.29) is 17.8 Å². The Morgan fingerprint density at radius 1 is 1.30 bits per heavy atom. The largest absolute Gasteiger partial charge is 0.370 e. The second-order valence-corrected chi connectivity index (χ2v) is 5.20. The third kappa shape index (κ3) is 2.87. The standard InChI is InChI=1S/C13H18N6O/c1-13(2)9-4-3-8(17-12(16)18-11(14)15)5-7(9)6-10(20)19-13/h3-5H,6H2,1-2H3,(H,19,20)(H6,14,15,16,17,18). The van der Waals surface area contributed by atoms with Crippen LogP contribution < -0.4 is 22.5 Å². The molecule has 0 spiro atoms. The fourth-order valence-corrected chi connectivity index (χ4v) is 2.33. The van der Waals surface area contributed by atoms with Crippen molar-refractivity contribution in [3.05, 3.63) is 29.3 Å². The highest BCUT2D eigenvalue weighted by atomic mass is 16.1. The number of amides is 1. The average molecular weight is 274 g/mol. The van der Waals surface area contributed by atoms with E-state index in [0.717, 1.165) is 11.1 Å². The molecule has 0 fully saturated rings. The number of nitrogens with two attached hydrogens (primary N) is 3. The molecule has 7 N–H and O–H groups in total. The Balaban J connectivity index is 2.40. The van der Waals surface area contributed by atoms with Crippen LogP contribution in [0.1, 0.15) is 25.0 Å². The number of aliphatic imine (C=N–C) groups is 2. The summed E-state index contributed by atoms with van der Waals surface area (Å²) in [5.41, 5.74) is 18.2. The number of carbonyl (C=O) groups is 1. The van der Waals surface area contributed by atoms with Gasteiger partial charge < -0.3 is 22.5 Å². The van der Waals surface area contributed by atoms with E-state index in [2.05, 4.69) is 15.3 Å². The van der Waals surface area contributed by atoms with Crippen molar-refractivity contribution in [3.63, 3.8) is 0 Å². The molecule has 1 aliphatic rings. The Kier molecular flexibility index (Phi) is 3.35. The monoisotopic (exact) mass is 274 g/mol. The molecule has 0 saturated heterocycles. The Labute approximate surface area is 117 Å². The predicted molar refractivity (Wildman–Crippen MR) is 78.4 cm³/mol. The van der Waals surface area contributed by atoms with E-state index in [1.807, 2.05) is 32.0 Å². The quantitative estimate of drug-likeness (QED) is 0.417. The first-order valence-corrected chi connectivity index (χ1v) is 6.16. The number of benzene rings is 1. The van der Waals surface area contributed by atoms with E-state index >= 15 is 0 Å². The van der Waals surface area contributed by atoms with Crippen molar-refractivity contribution >= 4 is 23.5 Å².